The van der Waals surface area contributed by atoms with E-state index in [9.17, 15) is 0 Å². The topological polar surface area (TPSA) is 104 Å². The van der Waals surface area contributed by atoms with Crippen molar-refractivity contribution in [3.8, 4) is 0 Å². The Morgan fingerprint density at radius 1 is 1.29 bits per heavy atom. The number of nitrogens with zero attached hydrogens (tertiary/aromatic N) is 4. The lowest BCUT2D eigenvalue weighted by Gasteiger charge is -1.89. The molecule has 0 aliphatic heterocycles. The van der Waals surface area contributed by atoms with E-state index in [0.29, 0.717) is 28.7 Å². The first-order valence-corrected chi connectivity index (χ1v) is 6.31. The molecule has 17 heavy (non-hydrogen) atoms. The van der Waals surface area contributed by atoms with Crippen molar-refractivity contribution in [1.29, 1.82) is 0 Å². The number of rotatable bonds is 5. The van der Waals surface area contributed by atoms with E-state index in [4.69, 9.17) is 14.7 Å². The van der Waals surface area contributed by atoms with Crippen LogP contribution in [0.4, 0.5) is 0 Å². The zero-order valence-corrected chi connectivity index (χ0v) is 9.81. The molecule has 8 heteroatoms. The molecule has 1 fully saturated rings. The largest absolute Gasteiger partial charge is 0.415 e. The van der Waals surface area contributed by atoms with E-state index in [1.807, 2.05) is 0 Å². The summed E-state index contributed by atoms with van der Waals surface area (Å²) in [5.74, 6) is 2.87. The van der Waals surface area contributed by atoms with Gasteiger partial charge in [-0.05, 0) is 12.8 Å². The Morgan fingerprint density at radius 3 is 2.88 bits per heavy atom. The summed E-state index contributed by atoms with van der Waals surface area (Å²) in [6.45, 7) is 0.250. The summed E-state index contributed by atoms with van der Waals surface area (Å²) in [7, 11) is 0. The Hall–Kier alpha value is -1.41. The Morgan fingerprint density at radius 2 is 2.18 bits per heavy atom. The van der Waals surface area contributed by atoms with Gasteiger partial charge >= 0.3 is 0 Å². The third-order valence-corrected chi connectivity index (χ3v) is 3.17. The maximum Gasteiger partial charge on any atom is 0.277 e. The zero-order chi connectivity index (χ0) is 11.7. The summed E-state index contributed by atoms with van der Waals surface area (Å²) in [5.41, 5.74) is 5.37. The number of nitrogens with two attached hydrogens (primary N) is 1. The van der Waals surface area contributed by atoms with Crippen molar-refractivity contribution in [2.24, 2.45) is 5.73 Å². The standard InChI is InChI=1S/C9H11N5O2S/c10-3-6-12-13-9(15-6)17-4-7-11-8(14-16-7)5-1-2-5/h5H,1-4,10H2. The predicted molar refractivity (Wildman–Crippen MR) is 58.0 cm³/mol. The summed E-state index contributed by atoms with van der Waals surface area (Å²) in [4.78, 5) is 4.30. The van der Waals surface area contributed by atoms with E-state index in [1.54, 1.807) is 0 Å². The average molecular weight is 253 g/mol. The summed E-state index contributed by atoms with van der Waals surface area (Å²) in [6.07, 6.45) is 2.32. The number of hydrogen-bond acceptors (Lipinski definition) is 8. The van der Waals surface area contributed by atoms with Gasteiger partial charge in [0.15, 0.2) is 5.82 Å². The van der Waals surface area contributed by atoms with Gasteiger partial charge in [-0.3, -0.25) is 0 Å². The van der Waals surface area contributed by atoms with Crippen LogP contribution in [0.2, 0.25) is 0 Å². The lowest BCUT2D eigenvalue weighted by Crippen LogP contribution is -1.95. The first-order chi connectivity index (χ1) is 8.35. The summed E-state index contributed by atoms with van der Waals surface area (Å²) < 4.78 is 10.4. The van der Waals surface area contributed by atoms with Crippen molar-refractivity contribution < 1.29 is 8.94 Å². The SMILES string of the molecule is NCc1nnc(SCc2nc(C3CC3)no2)o1. The Bertz CT molecular complexity index is 507. The van der Waals surface area contributed by atoms with Crippen molar-refractivity contribution in [2.45, 2.75) is 36.3 Å². The molecule has 2 aromatic rings. The highest BCUT2D eigenvalue weighted by molar-refractivity contribution is 7.98. The maximum atomic E-state index is 5.37. The van der Waals surface area contributed by atoms with Crippen molar-refractivity contribution in [3.63, 3.8) is 0 Å². The minimum atomic E-state index is 0.250. The van der Waals surface area contributed by atoms with Crippen LogP contribution in [0.25, 0.3) is 0 Å². The first kappa shape index (κ1) is 10.7. The molecule has 3 rings (SSSR count). The van der Waals surface area contributed by atoms with E-state index < -0.39 is 0 Å². The molecule has 1 aliphatic carbocycles. The molecule has 2 aromatic heterocycles. The van der Waals surface area contributed by atoms with Gasteiger partial charge in [-0.2, -0.15) is 4.98 Å². The Balaban J connectivity index is 1.58. The molecule has 0 bridgehead atoms. The van der Waals surface area contributed by atoms with E-state index in [0.717, 1.165) is 18.7 Å². The molecule has 2 heterocycles. The predicted octanol–water partition coefficient (Wildman–Crippen LogP) is 1.08. The van der Waals surface area contributed by atoms with Gasteiger partial charge in [0.1, 0.15) is 0 Å². The monoisotopic (exact) mass is 253 g/mol. The summed E-state index contributed by atoms with van der Waals surface area (Å²) in [5, 5.41) is 12.0. The van der Waals surface area contributed by atoms with E-state index >= 15 is 0 Å². The van der Waals surface area contributed by atoms with E-state index in [1.165, 1.54) is 11.8 Å². The van der Waals surface area contributed by atoms with Crippen LogP contribution >= 0.6 is 11.8 Å². The smallest absolute Gasteiger partial charge is 0.277 e. The molecule has 0 radical (unpaired) electrons. The van der Waals surface area contributed by atoms with Gasteiger partial charge in [0, 0.05) is 5.92 Å². The number of hydrogen-bond donors (Lipinski definition) is 1. The fourth-order valence-corrected chi connectivity index (χ4v) is 1.95. The molecule has 0 aromatic carbocycles. The Labute approximate surface area is 101 Å². The van der Waals surface area contributed by atoms with Crippen molar-refractivity contribution in [3.05, 3.63) is 17.6 Å². The van der Waals surface area contributed by atoms with Crippen molar-refractivity contribution in [1.82, 2.24) is 20.3 Å². The van der Waals surface area contributed by atoms with E-state index in [2.05, 4.69) is 20.3 Å². The first-order valence-electron chi connectivity index (χ1n) is 5.33. The number of aromatic nitrogens is 4. The van der Waals surface area contributed by atoms with Crippen LogP contribution in [0, 0.1) is 0 Å². The van der Waals surface area contributed by atoms with Crippen LogP contribution in [-0.4, -0.2) is 20.3 Å². The highest BCUT2D eigenvalue weighted by Crippen LogP contribution is 2.38. The minimum Gasteiger partial charge on any atom is -0.415 e. The molecular formula is C9H11N5O2S. The van der Waals surface area contributed by atoms with Gasteiger partial charge in [-0.1, -0.05) is 16.9 Å². The minimum absolute atomic E-state index is 0.250. The van der Waals surface area contributed by atoms with Crippen molar-refractivity contribution >= 4 is 11.8 Å². The molecule has 0 unspecified atom stereocenters. The Kier molecular flexibility index (Phi) is 2.81. The van der Waals surface area contributed by atoms with Gasteiger partial charge in [-0.15, -0.1) is 10.2 Å². The van der Waals surface area contributed by atoms with Crippen LogP contribution in [0.1, 0.15) is 36.4 Å². The highest BCUT2D eigenvalue weighted by atomic mass is 32.2. The highest BCUT2D eigenvalue weighted by Gasteiger charge is 2.28. The van der Waals surface area contributed by atoms with Gasteiger partial charge in [0.2, 0.25) is 11.8 Å². The second-order valence-electron chi connectivity index (χ2n) is 3.78. The molecule has 0 amide bonds. The normalized spacial score (nSPS) is 15.4. The molecule has 0 atom stereocenters. The lowest BCUT2D eigenvalue weighted by molar-refractivity contribution is 0.383. The molecule has 1 saturated carbocycles. The average Bonchev–Trinajstić information content (AvgIpc) is 2.93. The molecule has 7 nitrogen and oxygen atoms in total. The quantitative estimate of drug-likeness (QED) is 0.789. The van der Waals surface area contributed by atoms with Crippen molar-refractivity contribution in [2.75, 3.05) is 0 Å². The molecule has 0 saturated heterocycles. The fourth-order valence-electron chi connectivity index (χ4n) is 1.34. The summed E-state index contributed by atoms with van der Waals surface area (Å²) in [6, 6.07) is 0. The third kappa shape index (κ3) is 2.47. The van der Waals surface area contributed by atoms with Crippen LogP contribution in [0.15, 0.2) is 14.2 Å². The molecule has 0 spiro atoms. The van der Waals surface area contributed by atoms with Crippen LogP contribution in [0.3, 0.4) is 0 Å². The lowest BCUT2D eigenvalue weighted by atomic mass is 10.4. The van der Waals surface area contributed by atoms with Gasteiger partial charge in [-0.25, -0.2) is 0 Å². The van der Waals surface area contributed by atoms with E-state index in [-0.39, 0.29) is 6.54 Å². The third-order valence-electron chi connectivity index (χ3n) is 2.37. The molecule has 1 aliphatic rings. The molecule has 90 valence electrons. The zero-order valence-electron chi connectivity index (χ0n) is 9.00. The van der Waals surface area contributed by atoms with Crippen LogP contribution < -0.4 is 5.73 Å². The number of thioether (sulfide) groups is 1. The maximum absolute atomic E-state index is 5.37. The fraction of sp³-hybridized carbons (Fsp3) is 0.556. The van der Waals surface area contributed by atoms with Crippen LogP contribution in [0.5, 0.6) is 0 Å². The molecule has 2 N–H and O–H groups in total. The second-order valence-corrected chi connectivity index (χ2v) is 4.70. The van der Waals surface area contributed by atoms with Gasteiger partial charge in [0.25, 0.3) is 5.22 Å². The van der Waals surface area contributed by atoms with Gasteiger partial charge < -0.3 is 14.7 Å². The molecular weight excluding hydrogens is 242 g/mol. The van der Waals surface area contributed by atoms with Crippen LogP contribution in [-0.2, 0) is 12.3 Å². The second kappa shape index (κ2) is 4.46. The summed E-state index contributed by atoms with van der Waals surface area (Å²) >= 11 is 1.36. The van der Waals surface area contributed by atoms with Gasteiger partial charge in [0.05, 0.1) is 12.3 Å².